The van der Waals surface area contributed by atoms with Crippen LogP contribution in [-0.4, -0.2) is 17.6 Å². The molecule has 3 nitrogen and oxygen atoms in total. The number of rotatable bonds is 4. The minimum atomic E-state index is -3.79. The summed E-state index contributed by atoms with van der Waals surface area (Å²) in [6.45, 7) is 3.26. The van der Waals surface area contributed by atoms with Crippen molar-refractivity contribution in [2.75, 3.05) is 6.61 Å². The Bertz CT molecular complexity index is 924. The van der Waals surface area contributed by atoms with E-state index in [0.717, 1.165) is 11.8 Å². The predicted molar refractivity (Wildman–Crippen MR) is 92.4 cm³/mol. The lowest BCUT2D eigenvalue weighted by Gasteiger charge is -2.20. The Labute approximate surface area is 144 Å². The van der Waals surface area contributed by atoms with Gasteiger partial charge in [-0.2, -0.15) is 8.78 Å². The van der Waals surface area contributed by atoms with Crippen molar-refractivity contribution in [2.24, 2.45) is 0 Å². The molecule has 0 aliphatic rings. The molecule has 0 unspecified atom stereocenters. The fourth-order valence-corrected chi connectivity index (χ4v) is 2.79. The SMILES string of the molecule is CCOC(=O)C(F)(F)c1cnc2ccc(C)cc2c1-c1ccccc1. The maximum Gasteiger partial charge on any atom is 0.382 e. The molecule has 0 aliphatic carbocycles. The Balaban J connectivity index is 2.34. The molecule has 3 rings (SSSR count). The van der Waals surface area contributed by atoms with E-state index >= 15 is 0 Å². The summed E-state index contributed by atoms with van der Waals surface area (Å²) in [7, 11) is 0. The summed E-state index contributed by atoms with van der Waals surface area (Å²) >= 11 is 0. The average Bonchev–Trinajstić information content (AvgIpc) is 2.61. The van der Waals surface area contributed by atoms with Crippen molar-refractivity contribution in [2.45, 2.75) is 19.8 Å². The number of alkyl halides is 2. The molecule has 0 N–H and O–H groups in total. The van der Waals surface area contributed by atoms with E-state index in [9.17, 15) is 13.6 Å². The zero-order chi connectivity index (χ0) is 18.0. The Kier molecular flexibility index (Phi) is 4.49. The molecule has 0 bridgehead atoms. The van der Waals surface area contributed by atoms with Crippen molar-refractivity contribution in [3.8, 4) is 11.1 Å². The lowest BCUT2D eigenvalue weighted by Crippen LogP contribution is -2.29. The summed E-state index contributed by atoms with van der Waals surface area (Å²) in [5.41, 5.74) is 1.96. The van der Waals surface area contributed by atoms with Crippen molar-refractivity contribution in [3.05, 3.63) is 65.9 Å². The molecule has 0 fully saturated rings. The number of carbonyl (C=O) groups is 1. The molecule has 2 aromatic carbocycles. The van der Waals surface area contributed by atoms with Crippen molar-refractivity contribution in [1.29, 1.82) is 0 Å². The molecule has 0 radical (unpaired) electrons. The van der Waals surface area contributed by atoms with Crippen LogP contribution < -0.4 is 0 Å². The van der Waals surface area contributed by atoms with Crippen LogP contribution in [0.1, 0.15) is 18.1 Å². The molecule has 0 amide bonds. The summed E-state index contributed by atoms with van der Waals surface area (Å²) in [5.74, 6) is -5.35. The number of ether oxygens (including phenoxy) is 1. The van der Waals surface area contributed by atoms with Gasteiger partial charge >= 0.3 is 11.9 Å². The molecule has 0 spiro atoms. The first-order chi connectivity index (χ1) is 11.9. The number of halogens is 2. The number of hydrogen-bond donors (Lipinski definition) is 0. The van der Waals surface area contributed by atoms with Crippen LogP contribution in [0.15, 0.2) is 54.7 Å². The van der Waals surface area contributed by atoms with Crippen molar-refractivity contribution in [1.82, 2.24) is 4.98 Å². The summed E-state index contributed by atoms with van der Waals surface area (Å²) in [6.07, 6.45) is 1.07. The Hall–Kier alpha value is -2.82. The van der Waals surface area contributed by atoms with E-state index in [1.54, 1.807) is 42.5 Å². The van der Waals surface area contributed by atoms with Gasteiger partial charge in [-0.3, -0.25) is 4.98 Å². The standard InChI is InChI=1S/C20H17F2NO2/c1-3-25-19(24)20(21,22)16-12-23-17-10-9-13(2)11-15(17)18(16)14-7-5-4-6-8-14/h4-12H,3H2,1-2H3. The highest BCUT2D eigenvalue weighted by Crippen LogP contribution is 2.40. The summed E-state index contributed by atoms with van der Waals surface area (Å²) in [6, 6.07) is 14.3. The number of aromatic nitrogens is 1. The molecule has 3 aromatic rings. The van der Waals surface area contributed by atoms with Gasteiger partial charge in [0.2, 0.25) is 0 Å². The number of carbonyl (C=O) groups excluding carboxylic acids is 1. The van der Waals surface area contributed by atoms with Crippen LogP contribution in [0.3, 0.4) is 0 Å². The summed E-state index contributed by atoms with van der Waals surface area (Å²) in [5, 5.41) is 0.577. The van der Waals surface area contributed by atoms with Gasteiger partial charge in [-0.15, -0.1) is 0 Å². The highest BCUT2D eigenvalue weighted by atomic mass is 19.3. The van der Waals surface area contributed by atoms with Gasteiger partial charge in [-0.1, -0.05) is 42.0 Å². The second-order valence-electron chi connectivity index (χ2n) is 5.73. The van der Waals surface area contributed by atoms with Gasteiger partial charge in [0.15, 0.2) is 0 Å². The highest BCUT2D eigenvalue weighted by molar-refractivity contribution is 5.98. The van der Waals surface area contributed by atoms with E-state index in [-0.39, 0.29) is 6.61 Å². The second kappa shape index (κ2) is 6.59. The first-order valence-electron chi connectivity index (χ1n) is 7.95. The average molecular weight is 341 g/mol. The molecular formula is C20H17F2NO2. The fraction of sp³-hybridized carbons (Fsp3) is 0.200. The predicted octanol–water partition coefficient (Wildman–Crippen LogP) is 4.87. The van der Waals surface area contributed by atoms with Gasteiger partial charge in [0, 0.05) is 17.1 Å². The van der Waals surface area contributed by atoms with E-state index in [0.29, 0.717) is 22.0 Å². The molecule has 0 saturated heterocycles. The molecule has 1 heterocycles. The van der Waals surface area contributed by atoms with Crippen molar-refractivity contribution >= 4 is 16.9 Å². The number of hydrogen-bond acceptors (Lipinski definition) is 3. The first-order valence-corrected chi connectivity index (χ1v) is 7.95. The fourth-order valence-electron chi connectivity index (χ4n) is 2.79. The normalized spacial score (nSPS) is 11.5. The summed E-state index contributed by atoms with van der Waals surface area (Å²) in [4.78, 5) is 16.0. The molecule has 1 aromatic heterocycles. The molecule has 0 atom stereocenters. The largest absolute Gasteiger partial charge is 0.461 e. The van der Waals surface area contributed by atoms with Crippen molar-refractivity contribution < 1.29 is 18.3 Å². The minimum Gasteiger partial charge on any atom is -0.461 e. The van der Waals surface area contributed by atoms with Crippen LogP contribution in [0.2, 0.25) is 0 Å². The third kappa shape index (κ3) is 3.09. The molecule has 25 heavy (non-hydrogen) atoms. The molecule has 5 heteroatoms. The van der Waals surface area contributed by atoms with Gasteiger partial charge < -0.3 is 4.74 Å². The van der Waals surface area contributed by atoms with Crippen LogP contribution in [-0.2, 0) is 15.5 Å². The lowest BCUT2D eigenvalue weighted by atomic mass is 9.92. The van der Waals surface area contributed by atoms with E-state index < -0.39 is 17.5 Å². The topological polar surface area (TPSA) is 39.2 Å². The number of esters is 1. The maximum absolute atomic E-state index is 14.8. The second-order valence-corrected chi connectivity index (χ2v) is 5.73. The minimum absolute atomic E-state index is 0.116. The molecular weight excluding hydrogens is 324 g/mol. The van der Waals surface area contributed by atoms with Gasteiger partial charge in [0.25, 0.3) is 0 Å². The molecule has 0 saturated carbocycles. The van der Waals surface area contributed by atoms with Gasteiger partial charge in [-0.05, 0) is 31.5 Å². The Morgan fingerprint density at radius 1 is 1.16 bits per heavy atom. The van der Waals surface area contributed by atoms with Gasteiger partial charge in [0.1, 0.15) is 0 Å². The molecule has 128 valence electrons. The number of benzene rings is 2. The highest BCUT2D eigenvalue weighted by Gasteiger charge is 2.45. The van der Waals surface area contributed by atoms with Gasteiger partial charge in [0.05, 0.1) is 17.7 Å². The van der Waals surface area contributed by atoms with Crippen LogP contribution in [0, 0.1) is 6.92 Å². The van der Waals surface area contributed by atoms with Crippen molar-refractivity contribution in [3.63, 3.8) is 0 Å². The third-order valence-corrected chi connectivity index (χ3v) is 3.96. The smallest absolute Gasteiger partial charge is 0.382 e. The quantitative estimate of drug-likeness (QED) is 0.636. The maximum atomic E-state index is 14.8. The zero-order valence-electron chi connectivity index (χ0n) is 13.9. The number of fused-ring (bicyclic) bond motifs is 1. The lowest BCUT2D eigenvalue weighted by molar-refractivity contribution is -0.173. The Morgan fingerprint density at radius 3 is 2.56 bits per heavy atom. The van der Waals surface area contributed by atoms with Crippen LogP contribution in [0.25, 0.3) is 22.0 Å². The summed E-state index contributed by atoms with van der Waals surface area (Å²) < 4.78 is 34.2. The zero-order valence-corrected chi connectivity index (χ0v) is 13.9. The third-order valence-electron chi connectivity index (χ3n) is 3.96. The number of aryl methyl sites for hydroxylation is 1. The first kappa shape index (κ1) is 17.0. The van der Waals surface area contributed by atoms with E-state index in [2.05, 4.69) is 9.72 Å². The van der Waals surface area contributed by atoms with E-state index in [1.165, 1.54) is 6.92 Å². The number of nitrogens with zero attached hydrogens (tertiary/aromatic N) is 1. The van der Waals surface area contributed by atoms with E-state index in [4.69, 9.17) is 0 Å². The number of pyridine rings is 1. The van der Waals surface area contributed by atoms with E-state index in [1.807, 2.05) is 13.0 Å². The van der Waals surface area contributed by atoms with Gasteiger partial charge in [-0.25, -0.2) is 4.79 Å². The van der Waals surface area contributed by atoms with Crippen LogP contribution in [0.4, 0.5) is 8.78 Å². The monoisotopic (exact) mass is 341 g/mol. The van der Waals surface area contributed by atoms with Crippen LogP contribution in [0.5, 0.6) is 0 Å². The Morgan fingerprint density at radius 2 is 1.88 bits per heavy atom. The molecule has 0 aliphatic heterocycles. The van der Waals surface area contributed by atoms with Crippen LogP contribution >= 0.6 is 0 Å².